The molecule has 0 spiro atoms. The molecule has 1 aliphatic heterocycles. The molecule has 1 heterocycles. The Hall–Kier alpha value is -3.40. The molecule has 0 radical (unpaired) electrons. The van der Waals surface area contributed by atoms with E-state index in [9.17, 15) is 24.5 Å². The summed E-state index contributed by atoms with van der Waals surface area (Å²) < 4.78 is 10.6. The Balaban J connectivity index is 2.53. The molecule has 1 aromatic rings. The van der Waals surface area contributed by atoms with Crippen LogP contribution in [0.1, 0.15) is 39.2 Å². The number of hydrogen-bond donors (Lipinski definition) is 0. The molecule has 0 saturated heterocycles. The van der Waals surface area contributed by atoms with E-state index in [1.54, 1.807) is 19.9 Å². The molecule has 0 aromatic heterocycles. The molecule has 0 aliphatic carbocycles. The van der Waals surface area contributed by atoms with Crippen molar-refractivity contribution in [3.8, 4) is 0 Å². The number of allylic oxidation sites excluding steroid dienone is 1. The van der Waals surface area contributed by atoms with Gasteiger partial charge >= 0.3 is 11.9 Å². The van der Waals surface area contributed by atoms with E-state index in [0.717, 1.165) is 13.1 Å². The number of nitro benzene ring substituents is 1. The van der Waals surface area contributed by atoms with E-state index < -0.39 is 28.7 Å². The van der Waals surface area contributed by atoms with Crippen LogP contribution in [0.25, 0.3) is 0 Å². The zero-order valence-corrected chi connectivity index (χ0v) is 19.3. The van der Waals surface area contributed by atoms with Gasteiger partial charge in [0.25, 0.3) is 5.69 Å². The number of carbonyl (C=O) groups is 3. The molecule has 0 fully saturated rings. The maximum absolute atomic E-state index is 13.2. The lowest BCUT2D eigenvalue weighted by atomic mass is 9.75. The van der Waals surface area contributed by atoms with E-state index in [1.165, 1.54) is 18.2 Å². The number of nitro groups is 1. The van der Waals surface area contributed by atoms with Gasteiger partial charge in [-0.1, -0.05) is 26.0 Å². The molecule has 0 amide bonds. The van der Waals surface area contributed by atoms with E-state index in [1.807, 2.05) is 13.8 Å². The van der Waals surface area contributed by atoms with Gasteiger partial charge in [-0.3, -0.25) is 24.7 Å². The van der Waals surface area contributed by atoms with Crippen molar-refractivity contribution in [2.75, 3.05) is 32.8 Å². The van der Waals surface area contributed by atoms with Crippen LogP contribution >= 0.6 is 0 Å². The molecule has 2 rings (SSSR count). The number of esters is 2. The number of aldehydes is 1. The minimum atomic E-state index is -1.05. The summed E-state index contributed by atoms with van der Waals surface area (Å²) in [5.41, 5.74) is 0.0801. The first-order valence-electron chi connectivity index (χ1n) is 10.8. The van der Waals surface area contributed by atoms with E-state index in [-0.39, 0.29) is 35.9 Å². The Morgan fingerprint density at radius 1 is 1.21 bits per heavy atom. The molecule has 0 N–H and O–H groups in total. The Bertz CT molecular complexity index is 967. The maximum atomic E-state index is 13.2. The zero-order chi connectivity index (χ0) is 24.5. The fourth-order valence-electron chi connectivity index (χ4n) is 3.82. The molecule has 10 heteroatoms. The van der Waals surface area contributed by atoms with Crippen LogP contribution in [0.3, 0.4) is 0 Å². The second-order valence-corrected chi connectivity index (χ2v) is 7.39. The van der Waals surface area contributed by atoms with Crippen LogP contribution in [0.4, 0.5) is 5.69 Å². The fourth-order valence-corrected chi connectivity index (χ4v) is 3.82. The third-order valence-electron chi connectivity index (χ3n) is 5.51. The largest absolute Gasteiger partial charge is 0.464 e. The molecular formula is C23H29N3O7. The number of nitrogens with zero attached hydrogens (tertiary/aromatic N) is 3. The van der Waals surface area contributed by atoms with Crippen molar-refractivity contribution in [1.29, 1.82) is 0 Å². The highest BCUT2D eigenvalue weighted by atomic mass is 16.6. The van der Waals surface area contributed by atoms with Crippen LogP contribution in [0.2, 0.25) is 0 Å². The Morgan fingerprint density at radius 3 is 2.48 bits per heavy atom. The predicted molar refractivity (Wildman–Crippen MR) is 121 cm³/mol. The monoisotopic (exact) mass is 459 g/mol. The maximum Gasteiger partial charge on any atom is 0.336 e. The second-order valence-electron chi connectivity index (χ2n) is 7.39. The standard InChI is InChI=1S/C23H29N3O7/c1-5-25(6-2)11-12-33-22(28)19-15(4)24-18(14-27)21(23(29)32-7-3)20(19)16-9-8-10-17(13-16)26(30)31/h8-10,13-14,19-20H,5-7,11-12H2,1-4H3. The molecule has 0 saturated carbocycles. The van der Waals surface area contributed by atoms with Crippen molar-refractivity contribution in [3.63, 3.8) is 0 Å². The summed E-state index contributed by atoms with van der Waals surface area (Å²) in [6.45, 7) is 9.47. The number of likely N-dealkylation sites (N-methyl/N-ethyl adjacent to an activating group) is 1. The Labute approximate surface area is 192 Å². The van der Waals surface area contributed by atoms with Gasteiger partial charge in [0.05, 0.1) is 17.1 Å². The normalized spacial score (nSPS) is 18.0. The fraction of sp³-hybridized carbons (Fsp3) is 0.478. The van der Waals surface area contributed by atoms with Gasteiger partial charge in [0.15, 0.2) is 6.29 Å². The number of ether oxygens (including phenoxy) is 2. The smallest absolute Gasteiger partial charge is 0.336 e. The number of benzene rings is 1. The topological polar surface area (TPSA) is 128 Å². The Morgan fingerprint density at radius 2 is 1.91 bits per heavy atom. The lowest BCUT2D eigenvalue weighted by Crippen LogP contribution is -2.38. The average Bonchev–Trinajstić information content (AvgIpc) is 2.81. The van der Waals surface area contributed by atoms with Gasteiger partial charge in [0, 0.05) is 30.3 Å². The van der Waals surface area contributed by atoms with Crippen LogP contribution < -0.4 is 0 Å². The quantitative estimate of drug-likeness (QED) is 0.214. The van der Waals surface area contributed by atoms with Crippen molar-refractivity contribution in [1.82, 2.24) is 4.90 Å². The van der Waals surface area contributed by atoms with Gasteiger partial charge in [-0.05, 0) is 32.5 Å². The minimum absolute atomic E-state index is 0.0395. The van der Waals surface area contributed by atoms with Crippen molar-refractivity contribution >= 4 is 29.6 Å². The first-order chi connectivity index (χ1) is 15.8. The highest BCUT2D eigenvalue weighted by Crippen LogP contribution is 2.40. The average molecular weight is 459 g/mol. The van der Waals surface area contributed by atoms with Crippen molar-refractivity contribution in [2.45, 2.75) is 33.6 Å². The SMILES string of the molecule is CCOC(=O)C1=C(C=O)N=C(C)C(C(=O)OCCN(CC)CC)C1c1cccc([N+](=O)[O-])c1. The summed E-state index contributed by atoms with van der Waals surface area (Å²) in [5, 5.41) is 11.3. The third-order valence-corrected chi connectivity index (χ3v) is 5.51. The molecule has 1 aromatic carbocycles. The highest BCUT2D eigenvalue weighted by molar-refractivity contribution is 6.09. The molecule has 10 nitrogen and oxygen atoms in total. The van der Waals surface area contributed by atoms with Gasteiger partial charge < -0.3 is 14.4 Å². The number of carbonyl (C=O) groups excluding carboxylic acids is 3. The van der Waals surface area contributed by atoms with Crippen LogP contribution in [-0.4, -0.2) is 66.6 Å². The van der Waals surface area contributed by atoms with Crippen LogP contribution in [0.15, 0.2) is 40.5 Å². The lowest BCUT2D eigenvalue weighted by Gasteiger charge is -2.31. The summed E-state index contributed by atoms with van der Waals surface area (Å²) in [7, 11) is 0. The number of aliphatic imine (C=N–C) groups is 1. The van der Waals surface area contributed by atoms with E-state index in [2.05, 4.69) is 9.89 Å². The van der Waals surface area contributed by atoms with Crippen LogP contribution in [-0.2, 0) is 23.9 Å². The Kier molecular flexibility index (Phi) is 9.41. The zero-order valence-electron chi connectivity index (χ0n) is 19.3. The molecular weight excluding hydrogens is 430 g/mol. The molecule has 33 heavy (non-hydrogen) atoms. The number of non-ortho nitro benzene ring substituents is 1. The minimum Gasteiger partial charge on any atom is -0.464 e. The number of hydrogen-bond acceptors (Lipinski definition) is 9. The summed E-state index contributed by atoms with van der Waals surface area (Å²) in [6.07, 6.45) is 0.419. The van der Waals surface area contributed by atoms with Crippen LogP contribution in [0, 0.1) is 16.0 Å². The summed E-state index contributed by atoms with van der Waals surface area (Å²) in [5.74, 6) is -3.52. The second kappa shape index (κ2) is 12.0. The van der Waals surface area contributed by atoms with E-state index >= 15 is 0 Å². The number of rotatable bonds is 11. The molecule has 178 valence electrons. The molecule has 2 atom stereocenters. The van der Waals surface area contributed by atoms with E-state index in [4.69, 9.17) is 9.47 Å². The van der Waals surface area contributed by atoms with Gasteiger partial charge in [0.1, 0.15) is 18.2 Å². The van der Waals surface area contributed by atoms with Gasteiger partial charge in [-0.25, -0.2) is 4.79 Å². The van der Waals surface area contributed by atoms with Gasteiger partial charge in [-0.2, -0.15) is 0 Å². The van der Waals surface area contributed by atoms with Crippen LogP contribution in [0.5, 0.6) is 0 Å². The van der Waals surface area contributed by atoms with Crippen molar-refractivity contribution in [3.05, 3.63) is 51.2 Å². The van der Waals surface area contributed by atoms with Crippen molar-refractivity contribution < 1.29 is 28.8 Å². The molecule has 2 unspecified atom stereocenters. The summed E-state index contributed by atoms with van der Waals surface area (Å²) in [4.78, 5) is 54.8. The highest BCUT2D eigenvalue weighted by Gasteiger charge is 2.43. The van der Waals surface area contributed by atoms with Crippen molar-refractivity contribution in [2.24, 2.45) is 10.9 Å². The molecule has 1 aliphatic rings. The summed E-state index contributed by atoms with van der Waals surface area (Å²) >= 11 is 0. The van der Waals surface area contributed by atoms with Gasteiger partial charge in [-0.15, -0.1) is 0 Å². The first kappa shape index (κ1) is 25.9. The predicted octanol–water partition coefficient (Wildman–Crippen LogP) is 2.67. The van der Waals surface area contributed by atoms with E-state index in [0.29, 0.717) is 18.4 Å². The first-order valence-corrected chi connectivity index (χ1v) is 10.8. The van der Waals surface area contributed by atoms with Gasteiger partial charge in [0.2, 0.25) is 0 Å². The lowest BCUT2D eigenvalue weighted by molar-refractivity contribution is -0.384. The summed E-state index contributed by atoms with van der Waals surface area (Å²) in [6, 6.07) is 5.61. The molecule has 0 bridgehead atoms. The third kappa shape index (κ3) is 6.10.